The summed E-state index contributed by atoms with van der Waals surface area (Å²) in [5.74, 6) is -0.192. The Morgan fingerprint density at radius 2 is 1.71 bits per heavy atom. The highest BCUT2D eigenvalue weighted by atomic mass is 19.4. The van der Waals surface area contributed by atoms with Crippen LogP contribution in [0.4, 0.5) is 24.8 Å². The van der Waals surface area contributed by atoms with E-state index >= 15 is 0 Å². The van der Waals surface area contributed by atoms with Gasteiger partial charge in [0.15, 0.2) is 5.69 Å². The molecule has 180 valence electrons. The maximum Gasteiger partial charge on any atom is 0.435 e. The molecule has 0 aliphatic heterocycles. The number of anilines is 2. The Morgan fingerprint density at radius 1 is 1.03 bits per heavy atom. The predicted octanol–water partition coefficient (Wildman–Crippen LogP) is 5.25. The molecule has 3 aromatic rings. The van der Waals surface area contributed by atoms with E-state index in [0.29, 0.717) is 17.2 Å². The van der Waals surface area contributed by atoms with Crippen molar-refractivity contribution in [3.05, 3.63) is 104 Å². The molecule has 35 heavy (non-hydrogen) atoms. The fraction of sp³-hybridized carbons (Fsp3) is 0.120. The molecule has 0 saturated heterocycles. The van der Waals surface area contributed by atoms with Gasteiger partial charge in [0.1, 0.15) is 0 Å². The molecule has 0 spiro atoms. The summed E-state index contributed by atoms with van der Waals surface area (Å²) in [5, 5.41) is 5.33. The number of benzene rings is 1. The van der Waals surface area contributed by atoms with Crippen molar-refractivity contribution in [3.63, 3.8) is 0 Å². The summed E-state index contributed by atoms with van der Waals surface area (Å²) in [4.78, 5) is 26.0. The molecular formula is C25H23F3N6O. The fourth-order valence-corrected chi connectivity index (χ4v) is 3.01. The average Bonchev–Trinajstić information content (AvgIpc) is 2.84. The van der Waals surface area contributed by atoms with E-state index in [1.54, 1.807) is 60.0 Å². The predicted molar refractivity (Wildman–Crippen MR) is 129 cm³/mol. The number of carbonyl (C=O) groups excluding carboxylic acids is 1. The highest BCUT2D eigenvalue weighted by Crippen LogP contribution is 2.32. The van der Waals surface area contributed by atoms with Crippen LogP contribution in [-0.4, -0.2) is 32.8 Å². The van der Waals surface area contributed by atoms with Crippen LogP contribution in [0.5, 0.6) is 0 Å². The van der Waals surface area contributed by atoms with Gasteiger partial charge in [0.2, 0.25) is 11.9 Å². The molecule has 10 heteroatoms. The fourth-order valence-electron chi connectivity index (χ4n) is 3.01. The Kier molecular flexibility index (Phi) is 7.98. The Hall–Kier alpha value is -4.47. The summed E-state index contributed by atoms with van der Waals surface area (Å²) in [6, 6.07) is 9.51. The first-order chi connectivity index (χ1) is 16.7. The maximum absolute atomic E-state index is 13.1. The minimum Gasteiger partial charge on any atom is -0.356 e. The molecule has 2 heterocycles. The second-order valence-corrected chi connectivity index (χ2v) is 7.38. The van der Waals surface area contributed by atoms with E-state index in [-0.39, 0.29) is 12.1 Å². The molecule has 2 N–H and O–H groups in total. The van der Waals surface area contributed by atoms with Crippen LogP contribution in [0.2, 0.25) is 0 Å². The van der Waals surface area contributed by atoms with Gasteiger partial charge >= 0.3 is 6.18 Å². The number of pyridine rings is 1. The summed E-state index contributed by atoms with van der Waals surface area (Å²) < 4.78 is 39.2. The van der Waals surface area contributed by atoms with E-state index in [0.717, 1.165) is 17.3 Å². The summed E-state index contributed by atoms with van der Waals surface area (Å²) >= 11 is 0. The van der Waals surface area contributed by atoms with Gasteiger partial charge in [0.25, 0.3) is 0 Å². The maximum atomic E-state index is 13.1. The standard InChI is InChI=1S/C25H23F3N6O/c1-4-20(16-34(3)5-2)32-24-30-14-19(15-31-24)18-10-8-17(9-11-18)13-22(35)33-21-7-6-12-29-23(21)25(26,27)28/h4-12,14-16H,1-2,13H2,3H3,(H,33,35)(H,30,31,32)/b20-16+. The quantitative estimate of drug-likeness (QED) is 0.407. The van der Waals surface area contributed by atoms with Gasteiger partial charge in [-0.05, 0) is 35.5 Å². The van der Waals surface area contributed by atoms with Crippen molar-refractivity contribution in [3.8, 4) is 11.1 Å². The van der Waals surface area contributed by atoms with Crippen LogP contribution in [0.3, 0.4) is 0 Å². The van der Waals surface area contributed by atoms with Crippen LogP contribution in [0.25, 0.3) is 11.1 Å². The van der Waals surface area contributed by atoms with Crippen LogP contribution in [-0.2, 0) is 17.4 Å². The van der Waals surface area contributed by atoms with Crippen molar-refractivity contribution in [1.29, 1.82) is 0 Å². The van der Waals surface area contributed by atoms with Crippen molar-refractivity contribution in [1.82, 2.24) is 19.9 Å². The van der Waals surface area contributed by atoms with Gasteiger partial charge < -0.3 is 15.5 Å². The monoisotopic (exact) mass is 480 g/mol. The zero-order chi connectivity index (χ0) is 25.4. The molecule has 1 aromatic carbocycles. The molecule has 0 atom stereocenters. The number of allylic oxidation sites excluding steroid dienone is 1. The lowest BCUT2D eigenvalue weighted by Crippen LogP contribution is -2.19. The van der Waals surface area contributed by atoms with Crippen LogP contribution >= 0.6 is 0 Å². The van der Waals surface area contributed by atoms with E-state index < -0.39 is 17.8 Å². The van der Waals surface area contributed by atoms with Crippen LogP contribution in [0.1, 0.15) is 11.3 Å². The molecule has 0 saturated carbocycles. The van der Waals surface area contributed by atoms with E-state index in [1.165, 1.54) is 12.1 Å². The van der Waals surface area contributed by atoms with Crippen LogP contribution in [0, 0.1) is 0 Å². The first-order valence-corrected chi connectivity index (χ1v) is 10.4. The van der Waals surface area contributed by atoms with Gasteiger partial charge in [0.05, 0.1) is 17.8 Å². The lowest BCUT2D eigenvalue weighted by Gasteiger charge is -2.12. The van der Waals surface area contributed by atoms with E-state index in [4.69, 9.17) is 0 Å². The van der Waals surface area contributed by atoms with Gasteiger partial charge in [-0.25, -0.2) is 15.0 Å². The summed E-state index contributed by atoms with van der Waals surface area (Å²) in [6.45, 7) is 7.42. The van der Waals surface area contributed by atoms with Crippen molar-refractivity contribution >= 4 is 17.5 Å². The zero-order valence-corrected chi connectivity index (χ0v) is 18.9. The van der Waals surface area contributed by atoms with Crippen molar-refractivity contribution in [2.45, 2.75) is 12.6 Å². The van der Waals surface area contributed by atoms with Gasteiger partial charge in [-0.1, -0.05) is 37.4 Å². The van der Waals surface area contributed by atoms with Crippen molar-refractivity contribution in [2.75, 3.05) is 17.7 Å². The zero-order valence-electron chi connectivity index (χ0n) is 18.9. The Labute approximate surface area is 200 Å². The molecule has 7 nitrogen and oxygen atoms in total. The number of rotatable bonds is 9. The third-order valence-electron chi connectivity index (χ3n) is 4.76. The SMILES string of the molecule is C=C/C(=C\N(C)C=C)Nc1ncc(-c2ccc(CC(=O)Nc3cccnc3C(F)(F)F)cc2)cn1. The second-order valence-electron chi connectivity index (χ2n) is 7.38. The largest absolute Gasteiger partial charge is 0.435 e. The molecule has 2 aromatic heterocycles. The number of aromatic nitrogens is 3. The van der Waals surface area contributed by atoms with Gasteiger partial charge in [-0.3, -0.25) is 4.79 Å². The highest BCUT2D eigenvalue weighted by molar-refractivity contribution is 5.92. The summed E-state index contributed by atoms with van der Waals surface area (Å²) in [6.07, 6.45) is 4.62. The first-order valence-electron chi connectivity index (χ1n) is 10.4. The average molecular weight is 480 g/mol. The number of amides is 1. The Bertz CT molecular complexity index is 1220. The smallest absolute Gasteiger partial charge is 0.356 e. The lowest BCUT2D eigenvalue weighted by molar-refractivity contribution is -0.140. The normalized spacial score (nSPS) is 11.5. The molecule has 1 amide bonds. The van der Waals surface area contributed by atoms with E-state index in [9.17, 15) is 18.0 Å². The number of halogens is 3. The third-order valence-corrected chi connectivity index (χ3v) is 4.76. The Morgan fingerprint density at radius 3 is 2.31 bits per heavy atom. The molecular weight excluding hydrogens is 457 g/mol. The number of alkyl halides is 3. The van der Waals surface area contributed by atoms with Gasteiger partial charge in [0, 0.05) is 37.4 Å². The molecule has 0 aliphatic carbocycles. The molecule has 0 bridgehead atoms. The highest BCUT2D eigenvalue weighted by Gasteiger charge is 2.35. The second kappa shape index (κ2) is 11.1. The van der Waals surface area contributed by atoms with Crippen LogP contribution < -0.4 is 10.6 Å². The topological polar surface area (TPSA) is 83.0 Å². The number of hydrogen-bond donors (Lipinski definition) is 2. The summed E-state index contributed by atoms with van der Waals surface area (Å²) in [7, 11) is 1.83. The number of hydrogen-bond acceptors (Lipinski definition) is 6. The molecule has 0 unspecified atom stereocenters. The van der Waals surface area contributed by atoms with Crippen molar-refractivity contribution < 1.29 is 18.0 Å². The minimum absolute atomic E-state index is 0.0956. The van der Waals surface area contributed by atoms with Crippen LogP contribution in [0.15, 0.2) is 92.3 Å². The van der Waals surface area contributed by atoms with E-state index in [2.05, 4.69) is 38.7 Å². The number of nitrogens with zero attached hydrogens (tertiary/aromatic N) is 4. The lowest BCUT2D eigenvalue weighted by atomic mass is 10.0. The minimum atomic E-state index is -4.66. The third kappa shape index (κ3) is 7.00. The Balaban J connectivity index is 1.64. The number of nitrogens with one attached hydrogen (secondary N) is 2. The molecule has 0 aliphatic rings. The molecule has 0 radical (unpaired) electrons. The first kappa shape index (κ1) is 25.2. The van der Waals surface area contributed by atoms with Crippen molar-refractivity contribution in [2.24, 2.45) is 0 Å². The molecule has 0 fully saturated rings. The summed E-state index contributed by atoms with van der Waals surface area (Å²) in [5.41, 5.74) is 1.39. The number of carbonyl (C=O) groups is 1. The van der Waals surface area contributed by atoms with Gasteiger partial charge in [-0.2, -0.15) is 13.2 Å². The van der Waals surface area contributed by atoms with E-state index in [1.807, 2.05) is 7.05 Å². The van der Waals surface area contributed by atoms with Gasteiger partial charge in [-0.15, -0.1) is 0 Å². The molecule has 3 rings (SSSR count).